The highest BCUT2D eigenvalue weighted by Gasteiger charge is 2.22. The van der Waals surface area contributed by atoms with Crippen LogP contribution < -0.4 is 10.1 Å². The molecule has 1 aliphatic heterocycles. The van der Waals surface area contributed by atoms with E-state index in [0.29, 0.717) is 31.0 Å². The second-order valence-corrected chi connectivity index (χ2v) is 4.07. The average molecular weight is 250 g/mol. The lowest BCUT2D eigenvalue weighted by molar-refractivity contribution is 0.0727. The number of benzene rings is 1. The molecular weight excluding hydrogens is 232 g/mol. The topological polar surface area (TPSA) is 61.8 Å². The van der Waals surface area contributed by atoms with E-state index in [0.717, 1.165) is 12.2 Å². The molecule has 0 fully saturated rings. The van der Waals surface area contributed by atoms with Crippen molar-refractivity contribution in [2.75, 3.05) is 38.2 Å². The third-order valence-corrected chi connectivity index (χ3v) is 2.95. The molecule has 0 spiro atoms. The molecule has 2 rings (SSSR count). The molecule has 18 heavy (non-hydrogen) atoms. The van der Waals surface area contributed by atoms with Gasteiger partial charge in [-0.25, -0.2) is 0 Å². The predicted molar refractivity (Wildman–Crippen MR) is 69.1 cm³/mol. The van der Waals surface area contributed by atoms with Gasteiger partial charge in [-0.1, -0.05) is 6.07 Å². The number of nitrogens with zero attached hydrogens (tertiary/aromatic N) is 1. The third-order valence-electron chi connectivity index (χ3n) is 2.95. The number of nitrogens with one attached hydrogen (secondary N) is 1. The summed E-state index contributed by atoms with van der Waals surface area (Å²) >= 11 is 0. The van der Waals surface area contributed by atoms with E-state index >= 15 is 0 Å². The smallest absolute Gasteiger partial charge is 0.257 e. The third kappa shape index (κ3) is 2.41. The van der Waals surface area contributed by atoms with E-state index in [2.05, 4.69) is 5.32 Å². The molecule has 5 heteroatoms. The van der Waals surface area contributed by atoms with E-state index < -0.39 is 0 Å². The molecule has 0 aromatic heterocycles. The SMILES string of the molecule is CCN(CCO)C(=O)c1cccc2c1OCCN2. The monoisotopic (exact) mass is 250 g/mol. The van der Waals surface area contributed by atoms with E-state index in [9.17, 15) is 4.79 Å². The van der Waals surface area contributed by atoms with Gasteiger partial charge < -0.3 is 20.1 Å². The number of ether oxygens (including phenoxy) is 1. The van der Waals surface area contributed by atoms with Gasteiger partial charge in [0.25, 0.3) is 5.91 Å². The van der Waals surface area contributed by atoms with Gasteiger partial charge in [-0.2, -0.15) is 0 Å². The van der Waals surface area contributed by atoms with Crippen molar-refractivity contribution in [2.24, 2.45) is 0 Å². The number of carbonyl (C=O) groups is 1. The summed E-state index contributed by atoms with van der Waals surface area (Å²) in [6, 6.07) is 5.49. The van der Waals surface area contributed by atoms with Crippen LogP contribution in [0.2, 0.25) is 0 Å². The van der Waals surface area contributed by atoms with Gasteiger partial charge in [-0.3, -0.25) is 4.79 Å². The molecule has 0 bridgehead atoms. The first-order valence-electron chi connectivity index (χ1n) is 6.17. The van der Waals surface area contributed by atoms with Crippen LogP contribution in [0.15, 0.2) is 18.2 Å². The number of anilines is 1. The van der Waals surface area contributed by atoms with Crippen LogP contribution in [-0.4, -0.2) is 48.8 Å². The largest absolute Gasteiger partial charge is 0.489 e. The van der Waals surface area contributed by atoms with Crippen LogP contribution in [0.5, 0.6) is 5.75 Å². The van der Waals surface area contributed by atoms with E-state index in [-0.39, 0.29) is 12.5 Å². The highest BCUT2D eigenvalue weighted by molar-refractivity contribution is 5.99. The number of hydrogen-bond donors (Lipinski definition) is 2. The summed E-state index contributed by atoms with van der Waals surface area (Å²) in [4.78, 5) is 13.9. The summed E-state index contributed by atoms with van der Waals surface area (Å²) < 4.78 is 5.58. The summed E-state index contributed by atoms with van der Waals surface area (Å²) in [5, 5.41) is 12.2. The van der Waals surface area contributed by atoms with Crippen molar-refractivity contribution in [2.45, 2.75) is 6.92 Å². The molecule has 2 N–H and O–H groups in total. The fourth-order valence-corrected chi connectivity index (χ4v) is 2.03. The number of para-hydroxylation sites is 1. The van der Waals surface area contributed by atoms with Crippen LogP contribution in [-0.2, 0) is 0 Å². The van der Waals surface area contributed by atoms with Gasteiger partial charge in [0.15, 0.2) is 5.75 Å². The molecule has 0 atom stereocenters. The molecule has 0 saturated carbocycles. The summed E-state index contributed by atoms with van der Waals surface area (Å²) in [5.74, 6) is 0.511. The Kier molecular flexibility index (Phi) is 4.04. The quantitative estimate of drug-likeness (QED) is 0.835. The second kappa shape index (κ2) is 5.73. The summed E-state index contributed by atoms with van der Waals surface area (Å²) in [7, 11) is 0. The van der Waals surface area contributed by atoms with Crippen molar-refractivity contribution in [3.63, 3.8) is 0 Å². The maximum Gasteiger partial charge on any atom is 0.257 e. The molecule has 1 aromatic rings. The van der Waals surface area contributed by atoms with E-state index in [4.69, 9.17) is 9.84 Å². The number of rotatable bonds is 4. The molecule has 0 radical (unpaired) electrons. The van der Waals surface area contributed by atoms with Crippen LogP contribution in [0.1, 0.15) is 17.3 Å². The van der Waals surface area contributed by atoms with E-state index in [1.165, 1.54) is 0 Å². The molecule has 1 aromatic carbocycles. The first kappa shape index (κ1) is 12.7. The Bertz CT molecular complexity index is 434. The van der Waals surface area contributed by atoms with Crippen molar-refractivity contribution in [1.29, 1.82) is 0 Å². The Morgan fingerprint density at radius 3 is 3.11 bits per heavy atom. The van der Waals surface area contributed by atoms with Gasteiger partial charge in [0, 0.05) is 19.6 Å². The van der Waals surface area contributed by atoms with Crippen molar-refractivity contribution in [1.82, 2.24) is 4.90 Å². The lowest BCUT2D eigenvalue weighted by atomic mass is 10.1. The maximum atomic E-state index is 12.3. The number of fused-ring (bicyclic) bond motifs is 1. The van der Waals surface area contributed by atoms with Crippen LogP contribution >= 0.6 is 0 Å². The number of aliphatic hydroxyl groups is 1. The Labute approximate surface area is 106 Å². The fourth-order valence-electron chi connectivity index (χ4n) is 2.03. The molecule has 1 amide bonds. The van der Waals surface area contributed by atoms with Gasteiger partial charge in [0.05, 0.1) is 17.9 Å². The standard InChI is InChI=1S/C13H18N2O3/c1-2-15(7-8-16)13(17)10-4-3-5-11-12(10)18-9-6-14-11/h3-5,14,16H,2,6-9H2,1H3. The first-order valence-corrected chi connectivity index (χ1v) is 6.17. The zero-order valence-corrected chi connectivity index (χ0v) is 10.5. The molecular formula is C13H18N2O3. The number of hydrogen-bond acceptors (Lipinski definition) is 4. The van der Waals surface area contributed by atoms with Crippen LogP contribution in [0, 0.1) is 0 Å². The second-order valence-electron chi connectivity index (χ2n) is 4.07. The minimum atomic E-state index is -0.105. The summed E-state index contributed by atoms with van der Waals surface area (Å²) in [6.45, 7) is 4.07. The van der Waals surface area contributed by atoms with Gasteiger partial charge in [0.2, 0.25) is 0 Å². The highest BCUT2D eigenvalue weighted by Crippen LogP contribution is 2.31. The first-order chi connectivity index (χ1) is 8.77. The van der Waals surface area contributed by atoms with Crippen LogP contribution in [0.3, 0.4) is 0 Å². The normalized spacial score (nSPS) is 13.2. The Morgan fingerprint density at radius 1 is 1.56 bits per heavy atom. The van der Waals surface area contributed by atoms with Gasteiger partial charge >= 0.3 is 0 Å². The predicted octanol–water partition coefficient (Wildman–Crippen LogP) is 0.945. The van der Waals surface area contributed by atoms with Gasteiger partial charge in [-0.15, -0.1) is 0 Å². The molecule has 1 aliphatic rings. The highest BCUT2D eigenvalue weighted by atomic mass is 16.5. The summed E-state index contributed by atoms with van der Waals surface area (Å²) in [5.41, 5.74) is 1.40. The maximum absolute atomic E-state index is 12.3. The van der Waals surface area contributed by atoms with Crippen molar-refractivity contribution in [3.05, 3.63) is 23.8 Å². The van der Waals surface area contributed by atoms with Gasteiger partial charge in [-0.05, 0) is 19.1 Å². The molecule has 0 aliphatic carbocycles. The van der Waals surface area contributed by atoms with Gasteiger partial charge in [0.1, 0.15) is 6.61 Å². The van der Waals surface area contributed by atoms with E-state index in [1.54, 1.807) is 11.0 Å². The number of amides is 1. The summed E-state index contributed by atoms with van der Waals surface area (Å²) in [6.07, 6.45) is 0. The molecule has 5 nitrogen and oxygen atoms in total. The minimum absolute atomic E-state index is 0.0340. The molecule has 0 unspecified atom stereocenters. The number of likely N-dealkylation sites (N-methyl/N-ethyl adjacent to an activating group) is 1. The number of carbonyl (C=O) groups excluding carboxylic acids is 1. The van der Waals surface area contributed by atoms with Crippen LogP contribution in [0.25, 0.3) is 0 Å². The minimum Gasteiger partial charge on any atom is -0.489 e. The zero-order valence-electron chi connectivity index (χ0n) is 10.5. The Hall–Kier alpha value is -1.75. The molecule has 98 valence electrons. The molecule has 1 heterocycles. The Morgan fingerprint density at radius 2 is 2.39 bits per heavy atom. The van der Waals surface area contributed by atoms with Crippen molar-refractivity contribution in [3.8, 4) is 5.75 Å². The average Bonchev–Trinajstić information content (AvgIpc) is 2.43. The van der Waals surface area contributed by atoms with Crippen molar-refractivity contribution >= 4 is 11.6 Å². The Balaban J connectivity index is 2.29. The molecule has 0 saturated heterocycles. The number of aliphatic hydroxyl groups excluding tert-OH is 1. The zero-order chi connectivity index (χ0) is 13.0. The fraction of sp³-hybridized carbons (Fsp3) is 0.462. The van der Waals surface area contributed by atoms with Crippen molar-refractivity contribution < 1.29 is 14.6 Å². The lowest BCUT2D eigenvalue weighted by Gasteiger charge is -2.25. The van der Waals surface area contributed by atoms with Crippen LogP contribution in [0.4, 0.5) is 5.69 Å². The lowest BCUT2D eigenvalue weighted by Crippen LogP contribution is -2.34. The van der Waals surface area contributed by atoms with E-state index in [1.807, 2.05) is 19.1 Å².